The van der Waals surface area contributed by atoms with Crippen LogP contribution in [-0.2, 0) is 6.54 Å². The summed E-state index contributed by atoms with van der Waals surface area (Å²) in [4.78, 5) is 4.05. The van der Waals surface area contributed by atoms with Crippen LogP contribution >= 0.6 is 0 Å². The minimum absolute atomic E-state index is 0.418. The van der Waals surface area contributed by atoms with E-state index in [0.717, 1.165) is 12.1 Å². The van der Waals surface area contributed by atoms with Crippen LogP contribution in [0, 0.1) is 0 Å². The van der Waals surface area contributed by atoms with Gasteiger partial charge in [0.15, 0.2) is 0 Å². The Balaban J connectivity index is 2.02. The molecule has 3 heteroatoms. The fraction of sp³-hybridized carbons (Fsp3) is 0.312. The highest BCUT2D eigenvalue weighted by Gasteiger charge is 2.28. The van der Waals surface area contributed by atoms with E-state index in [9.17, 15) is 5.11 Å². The summed E-state index contributed by atoms with van der Waals surface area (Å²) in [6.07, 6.45) is 2.82. The van der Waals surface area contributed by atoms with Gasteiger partial charge in [-0.3, -0.25) is 4.98 Å². The van der Waals surface area contributed by atoms with Crippen molar-refractivity contribution in [3.8, 4) is 0 Å². The topological polar surface area (TPSA) is 45.1 Å². The van der Waals surface area contributed by atoms with Crippen LogP contribution in [-0.4, -0.2) is 15.6 Å². The van der Waals surface area contributed by atoms with Crippen LogP contribution in [0.25, 0.3) is 0 Å². The third-order valence-electron chi connectivity index (χ3n) is 3.27. The molecule has 1 aromatic carbocycles. The number of nitrogens with zero attached hydrogens (tertiary/aromatic N) is 1. The van der Waals surface area contributed by atoms with E-state index >= 15 is 0 Å². The summed E-state index contributed by atoms with van der Waals surface area (Å²) >= 11 is 0. The maximum Gasteiger partial charge on any atom is 0.0980 e. The number of benzene rings is 1. The molecule has 2 rings (SSSR count). The molecule has 0 bridgehead atoms. The molecule has 1 heterocycles. The largest absolute Gasteiger partial charge is 0.386 e. The van der Waals surface area contributed by atoms with Crippen LogP contribution in [0.4, 0.5) is 0 Å². The normalized spacial score (nSPS) is 13.2. The summed E-state index contributed by atoms with van der Waals surface area (Å²) in [6, 6.07) is 13.9. The van der Waals surface area contributed by atoms with E-state index < -0.39 is 11.6 Å². The van der Waals surface area contributed by atoms with Crippen molar-refractivity contribution in [1.82, 2.24) is 10.3 Å². The lowest BCUT2D eigenvalue weighted by molar-refractivity contribution is 0.0788. The average molecular weight is 256 g/mol. The Kier molecular flexibility index (Phi) is 4.30. The molecule has 2 aromatic rings. The first-order chi connectivity index (χ1) is 9.09. The highest BCUT2D eigenvalue weighted by atomic mass is 16.3. The monoisotopic (exact) mass is 256 g/mol. The molecule has 0 aliphatic carbocycles. The SMILES string of the molecule is CC(C)(NCc1ccccc1)C(O)c1cccnc1. The molecule has 0 amide bonds. The average Bonchev–Trinajstić information content (AvgIpc) is 2.46. The van der Waals surface area contributed by atoms with Crippen molar-refractivity contribution >= 4 is 0 Å². The Morgan fingerprint density at radius 3 is 2.53 bits per heavy atom. The van der Waals surface area contributed by atoms with Crippen molar-refractivity contribution in [2.24, 2.45) is 0 Å². The van der Waals surface area contributed by atoms with Crippen molar-refractivity contribution in [2.45, 2.75) is 32.0 Å². The molecule has 1 aromatic heterocycles. The highest BCUT2D eigenvalue weighted by Crippen LogP contribution is 2.24. The lowest BCUT2D eigenvalue weighted by Gasteiger charge is -2.32. The minimum Gasteiger partial charge on any atom is -0.386 e. The van der Waals surface area contributed by atoms with Crippen molar-refractivity contribution < 1.29 is 5.11 Å². The van der Waals surface area contributed by atoms with E-state index in [-0.39, 0.29) is 0 Å². The molecule has 1 atom stereocenters. The molecule has 0 saturated heterocycles. The van der Waals surface area contributed by atoms with Gasteiger partial charge in [0.05, 0.1) is 6.10 Å². The quantitative estimate of drug-likeness (QED) is 0.864. The van der Waals surface area contributed by atoms with Crippen LogP contribution in [0.1, 0.15) is 31.1 Å². The van der Waals surface area contributed by atoms with Crippen LogP contribution in [0.2, 0.25) is 0 Å². The Labute approximate surface area is 114 Å². The van der Waals surface area contributed by atoms with Gasteiger partial charge in [-0.2, -0.15) is 0 Å². The van der Waals surface area contributed by atoms with Crippen LogP contribution in [0.3, 0.4) is 0 Å². The van der Waals surface area contributed by atoms with Crippen LogP contribution in [0.15, 0.2) is 54.9 Å². The Hall–Kier alpha value is -1.71. The maximum atomic E-state index is 10.4. The molecule has 2 N–H and O–H groups in total. The van der Waals surface area contributed by atoms with Gasteiger partial charge in [-0.1, -0.05) is 36.4 Å². The summed E-state index contributed by atoms with van der Waals surface area (Å²) in [5, 5.41) is 13.8. The van der Waals surface area contributed by atoms with Gasteiger partial charge in [0.1, 0.15) is 0 Å². The molecule has 0 aliphatic heterocycles. The Bertz CT molecular complexity index is 497. The summed E-state index contributed by atoms with van der Waals surface area (Å²) < 4.78 is 0. The van der Waals surface area contributed by atoms with E-state index in [1.54, 1.807) is 12.4 Å². The van der Waals surface area contributed by atoms with Crippen molar-refractivity contribution in [3.05, 3.63) is 66.0 Å². The van der Waals surface area contributed by atoms with Crippen molar-refractivity contribution in [3.63, 3.8) is 0 Å². The Morgan fingerprint density at radius 2 is 1.89 bits per heavy atom. The van der Waals surface area contributed by atoms with Gasteiger partial charge in [0.2, 0.25) is 0 Å². The summed E-state index contributed by atoms with van der Waals surface area (Å²) in [5.41, 5.74) is 1.61. The van der Waals surface area contributed by atoms with Crippen molar-refractivity contribution in [2.75, 3.05) is 0 Å². The van der Waals surface area contributed by atoms with E-state index in [4.69, 9.17) is 0 Å². The Morgan fingerprint density at radius 1 is 1.16 bits per heavy atom. The number of hydrogen-bond donors (Lipinski definition) is 2. The van der Waals surface area contributed by atoms with Gasteiger partial charge in [-0.15, -0.1) is 0 Å². The summed E-state index contributed by atoms with van der Waals surface area (Å²) in [7, 11) is 0. The standard InChI is InChI=1S/C16H20N2O/c1-16(2,15(19)14-9-6-10-17-12-14)18-11-13-7-4-3-5-8-13/h3-10,12,15,18-19H,11H2,1-2H3. The first kappa shape index (κ1) is 13.7. The van der Waals surface area contributed by atoms with Gasteiger partial charge in [-0.05, 0) is 25.5 Å². The van der Waals surface area contributed by atoms with Crippen molar-refractivity contribution in [1.29, 1.82) is 0 Å². The molecule has 0 spiro atoms. The second-order valence-electron chi connectivity index (χ2n) is 5.25. The first-order valence-corrected chi connectivity index (χ1v) is 6.46. The lowest BCUT2D eigenvalue weighted by Crippen LogP contribution is -2.44. The highest BCUT2D eigenvalue weighted by molar-refractivity contribution is 5.18. The van der Waals surface area contributed by atoms with Gasteiger partial charge >= 0.3 is 0 Å². The van der Waals surface area contributed by atoms with Gasteiger partial charge in [-0.25, -0.2) is 0 Å². The van der Waals surface area contributed by atoms with E-state index in [0.29, 0.717) is 0 Å². The van der Waals surface area contributed by atoms with E-state index in [2.05, 4.69) is 22.4 Å². The number of pyridine rings is 1. The second kappa shape index (κ2) is 5.95. The number of rotatable bonds is 5. The molecule has 0 aliphatic rings. The van der Waals surface area contributed by atoms with Gasteiger partial charge in [0.25, 0.3) is 0 Å². The van der Waals surface area contributed by atoms with E-state index in [1.165, 1.54) is 5.56 Å². The minimum atomic E-state index is -0.593. The number of aromatic nitrogens is 1. The zero-order valence-electron chi connectivity index (χ0n) is 11.4. The molecule has 3 nitrogen and oxygen atoms in total. The number of aliphatic hydroxyl groups excluding tert-OH is 1. The molecule has 100 valence electrons. The summed E-state index contributed by atoms with van der Waals surface area (Å²) in [5.74, 6) is 0. The van der Waals surface area contributed by atoms with Crippen LogP contribution < -0.4 is 5.32 Å². The van der Waals surface area contributed by atoms with Gasteiger partial charge in [0, 0.05) is 30.0 Å². The second-order valence-corrected chi connectivity index (χ2v) is 5.25. The molecule has 0 fully saturated rings. The molecule has 1 unspecified atom stereocenters. The molecular weight excluding hydrogens is 236 g/mol. The number of aliphatic hydroxyl groups is 1. The van der Waals surface area contributed by atoms with E-state index in [1.807, 2.05) is 44.2 Å². The molecule has 19 heavy (non-hydrogen) atoms. The predicted molar refractivity (Wildman–Crippen MR) is 76.6 cm³/mol. The molecule has 0 radical (unpaired) electrons. The zero-order chi connectivity index (χ0) is 13.7. The fourth-order valence-corrected chi connectivity index (χ4v) is 1.98. The predicted octanol–water partition coefficient (Wildman–Crippen LogP) is 2.68. The fourth-order valence-electron chi connectivity index (χ4n) is 1.98. The smallest absolute Gasteiger partial charge is 0.0980 e. The third kappa shape index (κ3) is 3.63. The maximum absolute atomic E-state index is 10.4. The van der Waals surface area contributed by atoms with Gasteiger partial charge < -0.3 is 10.4 Å². The molecule has 0 saturated carbocycles. The van der Waals surface area contributed by atoms with Crippen LogP contribution in [0.5, 0.6) is 0 Å². The first-order valence-electron chi connectivity index (χ1n) is 6.46. The zero-order valence-corrected chi connectivity index (χ0v) is 11.4. The lowest BCUT2D eigenvalue weighted by atomic mass is 9.92. The number of nitrogens with one attached hydrogen (secondary N) is 1. The molecular formula is C16H20N2O. The number of hydrogen-bond acceptors (Lipinski definition) is 3. The third-order valence-corrected chi connectivity index (χ3v) is 3.27. The summed E-state index contributed by atoms with van der Waals surface area (Å²) in [6.45, 7) is 4.71.